The molecular weight excluding hydrogens is 356 g/mol. The molecule has 0 radical (unpaired) electrons. The third-order valence-electron chi connectivity index (χ3n) is 4.87. The fraction of sp³-hybridized carbons (Fsp3) is 0.318. The number of para-hydroxylation sites is 1. The van der Waals surface area contributed by atoms with Crippen LogP contribution in [0.5, 0.6) is 0 Å². The third kappa shape index (κ3) is 4.06. The summed E-state index contributed by atoms with van der Waals surface area (Å²) in [5.74, 6) is -1.07. The Kier molecular flexibility index (Phi) is 5.78. The van der Waals surface area contributed by atoms with E-state index in [1.54, 1.807) is 36.1 Å². The number of anilines is 2. The van der Waals surface area contributed by atoms with E-state index in [1.165, 1.54) is 0 Å². The molecule has 1 N–H and O–H groups in total. The van der Waals surface area contributed by atoms with Crippen LogP contribution in [0.3, 0.4) is 0 Å². The minimum absolute atomic E-state index is 0.0461. The first-order chi connectivity index (χ1) is 13.4. The van der Waals surface area contributed by atoms with Gasteiger partial charge in [0.05, 0.1) is 18.1 Å². The van der Waals surface area contributed by atoms with Gasteiger partial charge < -0.3 is 15.0 Å². The third-order valence-corrected chi connectivity index (χ3v) is 4.87. The second kappa shape index (κ2) is 8.25. The Balaban J connectivity index is 1.67. The summed E-state index contributed by atoms with van der Waals surface area (Å²) in [6, 6.07) is 12.4. The Hall–Kier alpha value is -3.15. The fourth-order valence-corrected chi connectivity index (χ4v) is 3.48. The number of benzene rings is 2. The van der Waals surface area contributed by atoms with E-state index in [0.29, 0.717) is 24.4 Å². The van der Waals surface area contributed by atoms with Crippen molar-refractivity contribution >= 4 is 29.2 Å². The second-order valence-corrected chi connectivity index (χ2v) is 6.93. The summed E-state index contributed by atoms with van der Waals surface area (Å²) < 4.78 is 4.95. The minimum Gasteiger partial charge on any atom is -0.462 e. The molecule has 1 aliphatic heterocycles. The Morgan fingerprint density at radius 3 is 2.36 bits per heavy atom. The first-order valence-electron chi connectivity index (χ1n) is 9.35. The molecule has 1 fully saturated rings. The number of esters is 1. The second-order valence-electron chi connectivity index (χ2n) is 6.93. The zero-order valence-corrected chi connectivity index (χ0v) is 16.3. The number of amides is 2. The molecule has 2 aromatic rings. The maximum Gasteiger partial charge on any atom is 0.338 e. The molecule has 0 unspecified atom stereocenters. The average molecular weight is 380 g/mol. The van der Waals surface area contributed by atoms with Crippen molar-refractivity contribution < 1.29 is 19.1 Å². The van der Waals surface area contributed by atoms with Gasteiger partial charge in [-0.3, -0.25) is 9.59 Å². The molecule has 1 saturated heterocycles. The molecule has 2 aromatic carbocycles. The molecule has 1 aliphatic rings. The summed E-state index contributed by atoms with van der Waals surface area (Å²) in [6.07, 6.45) is 0.181. The number of ether oxygens (including phenoxy) is 1. The van der Waals surface area contributed by atoms with Gasteiger partial charge in [-0.2, -0.15) is 0 Å². The van der Waals surface area contributed by atoms with Gasteiger partial charge >= 0.3 is 5.97 Å². The van der Waals surface area contributed by atoms with Crippen molar-refractivity contribution in [1.82, 2.24) is 0 Å². The van der Waals surface area contributed by atoms with Crippen LogP contribution in [0, 0.1) is 19.8 Å². The maximum atomic E-state index is 12.6. The summed E-state index contributed by atoms with van der Waals surface area (Å²) in [6.45, 7) is 6.35. The lowest BCUT2D eigenvalue weighted by Crippen LogP contribution is -2.29. The standard InChI is InChI=1S/C22H24N2O4/c1-4-28-22(27)16-8-10-18(11-9-16)23-21(26)17-12-19(25)24(13-17)20-14(2)6-5-7-15(20)3/h5-11,17H,4,12-13H2,1-3H3,(H,23,26)/t17-/m0/s1. The van der Waals surface area contributed by atoms with Crippen LogP contribution in [0.1, 0.15) is 34.8 Å². The number of nitrogens with one attached hydrogen (secondary N) is 1. The van der Waals surface area contributed by atoms with Crippen molar-refractivity contribution in [2.24, 2.45) is 5.92 Å². The van der Waals surface area contributed by atoms with Crippen LogP contribution in [0.4, 0.5) is 11.4 Å². The van der Waals surface area contributed by atoms with Crippen LogP contribution in [0.15, 0.2) is 42.5 Å². The van der Waals surface area contributed by atoms with E-state index in [0.717, 1.165) is 16.8 Å². The summed E-state index contributed by atoms with van der Waals surface area (Å²) in [5, 5.41) is 2.83. The van der Waals surface area contributed by atoms with Gasteiger partial charge in [-0.15, -0.1) is 0 Å². The highest BCUT2D eigenvalue weighted by atomic mass is 16.5. The van der Waals surface area contributed by atoms with E-state index in [4.69, 9.17) is 4.74 Å². The van der Waals surface area contributed by atoms with Crippen LogP contribution >= 0.6 is 0 Å². The highest BCUT2D eigenvalue weighted by Gasteiger charge is 2.36. The van der Waals surface area contributed by atoms with Gasteiger partial charge in [0.25, 0.3) is 0 Å². The molecule has 0 saturated carbocycles. The monoisotopic (exact) mass is 380 g/mol. The fourth-order valence-electron chi connectivity index (χ4n) is 3.48. The van der Waals surface area contributed by atoms with Gasteiger partial charge in [-0.05, 0) is 56.2 Å². The molecule has 3 rings (SSSR count). The Morgan fingerprint density at radius 2 is 1.75 bits per heavy atom. The number of carbonyl (C=O) groups excluding carboxylic acids is 3. The van der Waals surface area contributed by atoms with Gasteiger partial charge in [0.1, 0.15) is 0 Å². The Morgan fingerprint density at radius 1 is 1.11 bits per heavy atom. The normalized spacial score (nSPS) is 16.2. The molecule has 2 amide bonds. The topological polar surface area (TPSA) is 75.7 Å². The molecule has 6 nitrogen and oxygen atoms in total. The lowest BCUT2D eigenvalue weighted by Gasteiger charge is -2.21. The van der Waals surface area contributed by atoms with E-state index < -0.39 is 11.9 Å². The zero-order chi connectivity index (χ0) is 20.3. The van der Waals surface area contributed by atoms with Crippen LogP contribution in [0.25, 0.3) is 0 Å². The van der Waals surface area contributed by atoms with Gasteiger partial charge in [0.15, 0.2) is 0 Å². The maximum absolute atomic E-state index is 12.6. The lowest BCUT2D eigenvalue weighted by molar-refractivity contribution is -0.122. The molecule has 1 heterocycles. The van der Waals surface area contributed by atoms with Crippen LogP contribution in [-0.4, -0.2) is 30.9 Å². The van der Waals surface area contributed by atoms with Crippen molar-refractivity contribution in [3.05, 3.63) is 59.2 Å². The quantitative estimate of drug-likeness (QED) is 0.806. The molecule has 0 aliphatic carbocycles. The van der Waals surface area contributed by atoms with Crippen LogP contribution in [-0.2, 0) is 14.3 Å². The summed E-state index contributed by atoms with van der Waals surface area (Å²) in [4.78, 5) is 38.6. The van der Waals surface area contributed by atoms with Gasteiger partial charge in [0.2, 0.25) is 11.8 Å². The molecule has 1 atom stereocenters. The van der Waals surface area contributed by atoms with Gasteiger partial charge in [-0.1, -0.05) is 18.2 Å². The zero-order valence-electron chi connectivity index (χ0n) is 16.3. The van der Waals surface area contributed by atoms with Crippen molar-refractivity contribution in [3.8, 4) is 0 Å². The lowest BCUT2D eigenvalue weighted by atomic mass is 10.1. The van der Waals surface area contributed by atoms with Gasteiger partial charge in [0, 0.05) is 24.3 Å². The summed E-state index contributed by atoms with van der Waals surface area (Å²) >= 11 is 0. The van der Waals surface area contributed by atoms with E-state index >= 15 is 0 Å². The van der Waals surface area contributed by atoms with E-state index in [9.17, 15) is 14.4 Å². The van der Waals surface area contributed by atoms with E-state index in [-0.39, 0.29) is 18.2 Å². The van der Waals surface area contributed by atoms with Gasteiger partial charge in [-0.25, -0.2) is 4.79 Å². The number of hydrogen-bond donors (Lipinski definition) is 1. The Bertz CT molecular complexity index is 885. The molecule has 0 spiro atoms. The smallest absolute Gasteiger partial charge is 0.338 e. The van der Waals surface area contributed by atoms with Crippen molar-refractivity contribution in [2.45, 2.75) is 27.2 Å². The highest BCUT2D eigenvalue weighted by molar-refractivity contribution is 6.04. The molecular formula is C22H24N2O4. The SMILES string of the molecule is CCOC(=O)c1ccc(NC(=O)[C@H]2CC(=O)N(c3c(C)cccc3C)C2)cc1. The largest absolute Gasteiger partial charge is 0.462 e. The summed E-state index contributed by atoms with van der Waals surface area (Å²) in [5.41, 5.74) is 3.93. The van der Waals surface area contributed by atoms with Crippen molar-refractivity contribution in [3.63, 3.8) is 0 Å². The molecule has 28 heavy (non-hydrogen) atoms. The number of nitrogens with zero attached hydrogens (tertiary/aromatic N) is 1. The van der Waals surface area contributed by atoms with E-state index in [1.807, 2.05) is 32.0 Å². The van der Waals surface area contributed by atoms with Crippen molar-refractivity contribution in [1.29, 1.82) is 0 Å². The minimum atomic E-state index is -0.420. The first kappa shape index (κ1) is 19.6. The molecule has 0 bridgehead atoms. The molecule has 6 heteroatoms. The van der Waals surface area contributed by atoms with Crippen LogP contribution < -0.4 is 10.2 Å². The Labute approximate surface area is 164 Å². The number of carbonyl (C=O) groups is 3. The highest BCUT2D eigenvalue weighted by Crippen LogP contribution is 2.31. The average Bonchev–Trinajstić information content (AvgIpc) is 3.04. The molecule has 0 aromatic heterocycles. The number of rotatable bonds is 5. The van der Waals surface area contributed by atoms with E-state index in [2.05, 4.69) is 5.32 Å². The summed E-state index contributed by atoms with van der Waals surface area (Å²) in [7, 11) is 0. The predicted octanol–water partition coefficient (Wildman–Crippen LogP) is 3.47. The predicted molar refractivity (Wildman–Crippen MR) is 107 cm³/mol. The van der Waals surface area contributed by atoms with Crippen molar-refractivity contribution in [2.75, 3.05) is 23.4 Å². The number of aryl methyl sites for hydroxylation is 2. The van der Waals surface area contributed by atoms with Crippen LogP contribution in [0.2, 0.25) is 0 Å². The number of hydrogen-bond acceptors (Lipinski definition) is 4. The first-order valence-corrected chi connectivity index (χ1v) is 9.35. The molecule has 146 valence electrons.